The van der Waals surface area contributed by atoms with Crippen molar-refractivity contribution in [2.75, 3.05) is 0 Å². The molecule has 8 heteroatoms. The molecule has 0 heterocycles. The third kappa shape index (κ3) is 3.13. The molecule has 0 radical (unpaired) electrons. The first kappa shape index (κ1) is 11.2. The average Bonchev–Trinajstić information content (AvgIpc) is 2.02. The highest BCUT2D eigenvalue weighted by Crippen LogP contribution is 2.15. The molecule has 1 aromatic carbocycles. The first-order valence-corrected chi connectivity index (χ1v) is 5.73. The molecule has 1 aromatic rings. The summed E-state index contributed by atoms with van der Waals surface area (Å²) in [4.78, 5) is -0.114. The molecule has 0 aromatic heterocycles. The van der Waals surface area contributed by atoms with Gasteiger partial charge in [0.05, 0.1) is 4.90 Å². The Balaban J connectivity index is 2.90. The van der Waals surface area contributed by atoms with Gasteiger partial charge in [-0.2, -0.15) is 0 Å². The smallest absolute Gasteiger partial charge is 0.307 e. The van der Waals surface area contributed by atoms with Crippen molar-refractivity contribution in [2.45, 2.75) is 4.90 Å². The Hall–Kier alpha value is -0.860. The standard InChI is InChI=1S/C6H6ClNO5S/c8-14(11,12)6-3-1-5(2-4-6)13-7(9)10/h1-4H,(H2,8,11,12). The maximum Gasteiger partial charge on any atom is 0.349 e. The molecular weight excluding hydrogens is 234 g/mol. The molecule has 0 amide bonds. The van der Waals surface area contributed by atoms with E-state index in [1.54, 1.807) is 0 Å². The lowest BCUT2D eigenvalue weighted by Crippen LogP contribution is -2.36. The second-order valence-electron chi connectivity index (χ2n) is 2.28. The summed E-state index contributed by atoms with van der Waals surface area (Å²) in [5.74, 6) is 0.00274. The molecule has 6 nitrogen and oxygen atoms in total. The number of sulfonamides is 1. The van der Waals surface area contributed by atoms with Gasteiger partial charge in [-0.15, -0.1) is 4.29 Å². The number of hydrogen-bond acceptors (Lipinski definition) is 5. The quantitative estimate of drug-likeness (QED) is 0.643. The Morgan fingerprint density at radius 2 is 1.71 bits per heavy atom. The largest absolute Gasteiger partial charge is 0.349 e. The average molecular weight is 240 g/mol. The molecule has 0 aliphatic heterocycles. The van der Waals surface area contributed by atoms with Crippen LogP contribution in [0, 0.1) is 10.8 Å². The van der Waals surface area contributed by atoms with Gasteiger partial charge in [0.2, 0.25) is 15.8 Å². The van der Waals surface area contributed by atoms with Gasteiger partial charge in [0.15, 0.2) is 0 Å². The summed E-state index contributed by atoms with van der Waals surface area (Å²) < 4.78 is 45.9. The number of rotatable bonds is 3. The summed E-state index contributed by atoms with van der Waals surface area (Å²) in [6, 6.07) is 4.65. The number of hydrogen-bond donors (Lipinski definition) is 1. The highest BCUT2D eigenvalue weighted by Gasteiger charge is 2.12. The van der Waals surface area contributed by atoms with Crippen molar-refractivity contribution < 1.29 is 32.8 Å². The van der Waals surface area contributed by atoms with E-state index in [9.17, 15) is 17.7 Å². The molecule has 0 aliphatic carbocycles. The Morgan fingerprint density at radius 1 is 1.21 bits per heavy atom. The van der Waals surface area contributed by atoms with Crippen LogP contribution < -0.4 is 18.7 Å². The lowest BCUT2D eigenvalue weighted by Gasteiger charge is -1.98. The molecule has 0 spiro atoms. The zero-order chi connectivity index (χ0) is 10.8. The predicted octanol–water partition coefficient (Wildman–Crippen LogP) is -2.20. The van der Waals surface area contributed by atoms with Gasteiger partial charge in [-0.05, 0) is 24.3 Å². The van der Waals surface area contributed by atoms with Crippen molar-refractivity contribution in [3.8, 4) is 5.75 Å². The maximum absolute atomic E-state index is 10.8. The van der Waals surface area contributed by atoms with Crippen molar-refractivity contribution >= 4 is 10.0 Å². The van der Waals surface area contributed by atoms with Gasteiger partial charge < -0.3 is 9.32 Å². The van der Waals surface area contributed by atoms with Crippen LogP contribution in [0.3, 0.4) is 0 Å². The zero-order valence-corrected chi connectivity index (χ0v) is 8.29. The van der Waals surface area contributed by atoms with Crippen molar-refractivity contribution in [1.29, 1.82) is 0 Å². The molecule has 0 saturated carbocycles. The van der Waals surface area contributed by atoms with Crippen LogP contribution in [0.2, 0.25) is 0 Å². The predicted molar refractivity (Wildman–Crippen MR) is 38.4 cm³/mol. The molecule has 0 fully saturated rings. The summed E-state index contributed by atoms with van der Waals surface area (Å²) in [6.45, 7) is 0. The topological polar surface area (TPSA) is 116 Å². The Morgan fingerprint density at radius 3 is 2.07 bits per heavy atom. The first-order valence-electron chi connectivity index (χ1n) is 3.26. The van der Waals surface area contributed by atoms with Crippen molar-refractivity contribution in [3.05, 3.63) is 24.3 Å². The second kappa shape index (κ2) is 4.11. The molecule has 14 heavy (non-hydrogen) atoms. The molecular formula is C6H6ClNO5S. The normalized spacial score (nSPS) is 11.7. The molecule has 0 aliphatic rings. The SMILES string of the molecule is NS(=O)(=O)c1ccc(O[Cl+2]([O-])[O-])cc1. The van der Waals surface area contributed by atoms with E-state index in [1.807, 2.05) is 0 Å². The number of halogens is 1. The minimum absolute atomic E-state index is 0.00274. The molecule has 1 rings (SSSR count). The van der Waals surface area contributed by atoms with Crippen LogP contribution in [0.1, 0.15) is 0 Å². The number of nitrogens with two attached hydrogens (primary N) is 1. The zero-order valence-electron chi connectivity index (χ0n) is 6.71. The minimum Gasteiger partial charge on any atom is -0.307 e. The summed E-state index contributed by atoms with van der Waals surface area (Å²) in [5.41, 5.74) is 0. The van der Waals surface area contributed by atoms with Gasteiger partial charge >= 0.3 is 10.8 Å². The summed E-state index contributed by atoms with van der Waals surface area (Å²) >= 11 is 0. The van der Waals surface area contributed by atoms with Gasteiger partial charge in [-0.25, -0.2) is 13.6 Å². The van der Waals surface area contributed by atoms with E-state index in [2.05, 4.69) is 4.29 Å². The third-order valence-corrected chi connectivity index (χ3v) is 2.54. The lowest BCUT2D eigenvalue weighted by molar-refractivity contribution is -1.62. The Kier molecular flexibility index (Phi) is 3.29. The Labute approximate surface area is 83.4 Å². The lowest BCUT2D eigenvalue weighted by atomic mass is 10.3. The van der Waals surface area contributed by atoms with Gasteiger partial charge in [-0.1, -0.05) is 0 Å². The van der Waals surface area contributed by atoms with Gasteiger partial charge in [0, 0.05) is 0 Å². The third-order valence-electron chi connectivity index (χ3n) is 1.30. The van der Waals surface area contributed by atoms with E-state index in [1.165, 1.54) is 12.1 Å². The number of benzene rings is 1. The summed E-state index contributed by atoms with van der Waals surface area (Å²) in [5, 5.41) is 4.82. The first-order chi connectivity index (χ1) is 6.39. The molecule has 78 valence electrons. The van der Waals surface area contributed by atoms with E-state index in [0.717, 1.165) is 12.1 Å². The minimum atomic E-state index is -3.76. The fraction of sp³-hybridized carbons (Fsp3) is 0. The number of primary sulfonamides is 1. The highest BCUT2D eigenvalue weighted by atomic mass is 35.6. The molecule has 2 N–H and O–H groups in total. The molecule has 0 bridgehead atoms. The van der Waals surface area contributed by atoms with Crippen LogP contribution in [0.4, 0.5) is 0 Å². The van der Waals surface area contributed by atoms with Crippen molar-refractivity contribution in [2.24, 2.45) is 5.14 Å². The maximum atomic E-state index is 10.8. The molecule has 0 saturated heterocycles. The van der Waals surface area contributed by atoms with Gasteiger partial charge in [0.25, 0.3) is 0 Å². The monoisotopic (exact) mass is 239 g/mol. The van der Waals surface area contributed by atoms with E-state index < -0.39 is 20.8 Å². The van der Waals surface area contributed by atoms with Crippen molar-refractivity contribution in [3.63, 3.8) is 0 Å². The van der Waals surface area contributed by atoms with E-state index in [0.29, 0.717) is 0 Å². The van der Waals surface area contributed by atoms with Crippen LogP contribution in [0.15, 0.2) is 29.2 Å². The van der Waals surface area contributed by atoms with Crippen LogP contribution in [-0.2, 0) is 10.0 Å². The van der Waals surface area contributed by atoms with E-state index >= 15 is 0 Å². The molecule has 0 unspecified atom stereocenters. The van der Waals surface area contributed by atoms with Crippen LogP contribution >= 0.6 is 0 Å². The fourth-order valence-electron chi connectivity index (χ4n) is 0.753. The van der Waals surface area contributed by atoms with Gasteiger partial charge in [-0.3, -0.25) is 0 Å². The second-order valence-corrected chi connectivity index (χ2v) is 4.38. The summed E-state index contributed by atoms with van der Waals surface area (Å²) in [7, 11) is -6.12. The molecule has 0 atom stereocenters. The Bertz CT molecular complexity index is 401. The van der Waals surface area contributed by atoms with Crippen LogP contribution in [0.25, 0.3) is 0 Å². The van der Waals surface area contributed by atoms with Crippen molar-refractivity contribution in [1.82, 2.24) is 0 Å². The highest BCUT2D eigenvalue weighted by molar-refractivity contribution is 7.89. The van der Waals surface area contributed by atoms with Crippen LogP contribution in [0.5, 0.6) is 5.75 Å². The van der Waals surface area contributed by atoms with Gasteiger partial charge in [0.1, 0.15) is 0 Å². The van der Waals surface area contributed by atoms with E-state index in [4.69, 9.17) is 5.14 Å². The summed E-state index contributed by atoms with van der Waals surface area (Å²) in [6.07, 6.45) is 0. The fourth-order valence-corrected chi connectivity index (χ4v) is 1.52. The van der Waals surface area contributed by atoms with E-state index in [-0.39, 0.29) is 10.6 Å². The van der Waals surface area contributed by atoms with Crippen LogP contribution in [-0.4, -0.2) is 8.42 Å².